The lowest BCUT2D eigenvalue weighted by Crippen LogP contribution is -2.60. The number of carbonyl (C=O) groups excluding carboxylic acids is 3. The number of benzene rings is 1. The number of aromatic nitrogens is 1. The molecule has 4 rings (SSSR count). The summed E-state index contributed by atoms with van der Waals surface area (Å²) < 4.78 is 0. The number of fused-ring (bicyclic) bond motifs is 1. The third kappa shape index (κ3) is 12.4. The molecule has 1 aromatic heterocycles. The predicted octanol–water partition coefficient (Wildman–Crippen LogP) is 3.58. The number of aliphatic hydroxyl groups excluding tert-OH is 1. The van der Waals surface area contributed by atoms with Gasteiger partial charge in [0.05, 0.1) is 36.4 Å². The minimum absolute atomic E-state index is 0.00418. The first-order valence-electron chi connectivity index (χ1n) is 16.4. The molecule has 46 heavy (non-hydrogen) atoms. The molecule has 2 fully saturated rings. The maximum atomic E-state index is 13.4. The number of aliphatic hydroxyl groups is 1. The number of hydrogen-bond acceptors (Lipinski definition) is 8. The van der Waals surface area contributed by atoms with Crippen LogP contribution < -0.4 is 16.0 Å². The Morgan fingerprint density at radius 1 is 1.04 bits per heavy atom. The van der Waals surface area contributed by atoms with Crippen LogP contribution in [0.2, 0.25) is 0 Å². The largest absolute Gasteiger partial charge is 0.390 e. The lowest BCUT2D eigenvalue weighted by molar-refractivity contribution is -0.269. The van der Waals surface area contributed by atoms with Crippen LogP contribution in [-0.2, 0) is 20.9 Å². The van der Waals surface area contributed by atoms with E-state index in [-0.39, 0.29) is 36.7 Å². The lowest BCUT2D eigenvalue weighted by Gasteiger charge is -2.47. The summed E-state index contributed by atoms with van der Waals surface area (Å²) in [6, 6.07) is 12.1. The normalized spacial score (nSPS) is 21.2. The van der Waals surface area contributed by atoms with Crippen LogP contribution in [-0.4, -0.2) is 87.4 Å². The number of likely N-dealkylation sites (tertiary alicyclic amines) is 1. The second kappa shape index (κ2) is 18.1. The molecule has 0 bridgehead atoms. The Morgan fingerprint density at radius 3 is 2.33 bits per heavy atom. The molecule has 11 nitrogen and oxygen atoms in total. The third-order valence-electron chi connectivity index (χ3n) is 8.38. The van der Waals surface area contributed by atoms with Crippen LogP contribution in [0.25, 0.3) is 0 Å². The van der Waals surface area contributed by atoms with Gasteiger partial charge in [0.25, 0.3) is 5.91 Å². The van der Waals surface area contributed by atoms with Crippen molar-refractivity contribution < 1.29 is 29.6 Å². The van der Waals surface area contributed by atoms with Crippen LogP contribution >= 0.6 is 0 Å². The van der Waals surface area contributed by atoms with Gasteiger partial charge in [0.15, 0.2) is 0 Å². The highest BCUT2D eigenvalue weighted by atomic mass is 17.1. The van der Waals surface area contributed by atoms with E-state index in [2.05, 4.69) is 30.7 Å². The maximum absolute atomic E-state index is 13.4. The summed E-state index contributed by atoms with van der Waals surface area (Å²) in [6.07, 6.45) is 7.95. The molecule has 1 aromatic carbocycles. The molecule has 0 spiro atoms. The van der Waals surface area contributed by atoms with Gasteiger partial charge in [-0.1, -0.05) is 49.6 Å². The number of rotatable bonds is 11. The Morgan fingerprint density at radius 2 is 1.72 bits per heavy atom. The average molecular weight is 640 g/mol. The van der Waals surface area contributed by atoms with E-state index in [1.807, 2.05) is 51.1 Å². The van der Waals surface area contributed by atoms with Crippen molar-refractivity contribution in [1.29, 1.82) is 0 Å². The van der Waals surface area contributed by atoms with Crippen LogP contribution in [0.5, 0.6) is 0 Å². The van der Waals surface area contributed by atoms with Gasteiger partial charge in [0.1, 0.15) is 0 Å². The average Bonchev–Trinajstić information content (AvgIpc) is 3.03. The van der Waals surface area contributed by atoms with Gasteiger partial charge in [-0.25, -0.2) is 4.89 Å². The van der Waals surface area contributed by atoms with Crippen LogP contribution in [0.3, 0.4) is 0 Å². The summed E-state index contributed by atoms with van der Waals surface area (Å²) in [5, 5.41) is 27.9. The molecule has 2 aliphatic rings. The van der Waals surface area contributed by atoms with Crippen molar-refractivity contribution in [2.24, 2.45) is 11.8 Å². The molecule has 0 radical (unpaired) electrons. The second-order valence-corrected chi connectivity index (χ2v) is 13.8. The van der Waals surface area contributed by atoms with Crippen LogP contribution in [0.15, 0.2) is 54.9 Å². The molecule has 3 amide bonds. The van der Waals surface area contributed by atoms with E-state index in [1.165, 1.54) is 19.0 Å². The van der Waals surface area contributed by atoms with Crippen molar-refractivity contribution in [3.63, 3.8) is 0 Å². The number of amides is 3. The molecule has 1 saturated carbocycles. The Kier molecular flexibility index (Phi) is 14.6. The van der Waals surface area contributed by atoms with Crippen molar-refractivity contribution in [2.45, 2.75) is 103 Å². The van der Waals surface area contributed by atoms with E-state index < -0.39 is 24.0 Å². The summed E-state index contributed by atoms with van der Waals surface area (Å²) in [7, 11) is 0. The Bertz CT molecular complexity index is 1220. The number of β-amino-alcohol motifs (C(OH)–C–C–N with tert-alkyl or cyclic N) is 1. The highest BCUT2D eigenvalue weighted by Gasteiger charge is 2.41. The number of piperidine rings is 1. The number of nitrogens with zero attached hydrogens (tertiary/aromatic N) is 2. The fourth-order valence-electron chi connectivity index (χ4n) is 6.16. The van der Waals surface area contributed by atoms with Crippen molar-refractivity contribution >= 4 is 17.7 Å². The lowest BCUT2D eigenvalue weighted by atomic mass is 9.72. The number of carbonyl (C=O) groups is 3. The maximum Gasteiger partial charge on any atom is 0.253 e. The van der Waals surface area contributed by atoms with Gasteiger partial charge < -0.3 is 21.1 Å². The van der Waals surface area contributed by atoms with E-state index in [9.17, 15) is 19.5 Å². The van der Waals surface area contributed by atoms with Gasteiger partial charge in [-0.3, -0.25) is 29.5 Å². The van der Waals surface area contributed by atoms with Gasteiger partial charge in [0, 0.05) is 31.0 Å². The first-order chi connectivity index (χ1) is 21.9. The highest BCUT2D eigenvalue weighted by molar-refractivity contribution is 5.96. The predicted molar refractivity (Wildman–Crippen MR) is 177 cm³/mol. The molecule has 5 atom stereocenters. The van der Waals surface area contributed by atoms with E-state index in [0.29, 0.717) is 23.8 Å². The van der Waals surface area contributed by atoms with E-state index in [4.69, 9.17) is 5.26 Å². The third-order valence-corrected chi connectivity index (χ3v) is 8.38. The van der Waals surface area contributed by atoms with E-state index in [0.717, 1.165) is 31.4 Å². The molecular formula is C35H53N5O6. The quantitative estimate of drug-likeness (QED) is 0.185. The summed E-state index contributed by atoms with van der Waals surface area (Å²) >= 11 is 0. The van der Waals surface area contributed by atoms with Gasteiger partial charge in [-0.05, 0) is 83.4 Å². The molecular weight excluding hydrogens is 586 g/mol. The zero-order valence-corrected chi connectivity index (χ0v) is 27.9. The number of hydrogen-bond donors (Lipinski definition) is 5. The van der Waals surface area contributed by atoms with Gasteiger partial charge in [0.2, 0.25) is 11.8 Å². The topological polar surface area (TPSA) is 153 Å². The second-order valence-electron chi connectivity index (χ2n) is 13.8. The monoisotopic (exact) mass is 639 g/mol. The molecule has 1 aliphatic heterocycles. The summed E-state index contributed by atoms with van der Waals surface area (Å²) in [4.78, 5) is 48.6. The van der Waals surface area contributed by atoms with Gasteiger partial charge in [-0.2, -0.15) is 0 Å². The SMILES string of the molecule is CC(C)(C)NC(=O)C1C[C@@H]2CCCCC2CN1CC(O)C(Cc1ccccc1)NC(=O)CNC(=O)c1cccnc1.CC(C)OO. The van der Waals surface area contributed by atoms with Crippen molar-refractivity contribution in [2.75, 3.05) is 19.6 Å². The van der Waals surface area contributed by atoms with E-state index >= 15 is 0 Å². The van der Waals surface area contributed by atoms with E-state index in [1.54, 1.807) is 32.2 Å². The molecule has 5 N–H and O–H groups in total. The van der Waals surface area contributed by atoms with Crippen molar-refractivity contribution in [3.05, 3.63) is 66.0 Å². The van der Waals surface area contributed by atoms with Gasteiger partial charge >= 0.3 is 0 Å². The fraction of sp³-hybridized carbons (Fsp3) is 0.600. The summed E-state index contributed by atoms with van der Waals surface area (Å²) in [6.45, 7) is 10.2. The van der Waals surface area contributed by atoms with Crippen molar-refractivity contribution in [3.8, 4) is 0 Å². The Labute approximate surface area is 273 Å². The zero-order valence-electron chi connectivity index (χ0n) is 27.9. The minimum Gasteiger partial charge on any atom is -0.390 e. The molecule has 2 heterocycles. The molecule has 2 aromatic rings. The van der Waals surface area contributed by atoms with Crippen molar-refractivity contribution in [1.82, 2.24) is 25.8 Å². The summed E-state index contributed by atoms with van der Waals surface area (Å²) in [5.74, 6) is 0.248. The minimum atomic E-state index is -0.918. The van der Waals surface area contributed by atoms with Crippen LogP contribution in [0.4, 0.5) is 0 Å². The molecule has 1 aliphatic carbocycles. The fourth-order valence-corrected chi connectivity index (χ4v) is 6.16. The highest BCUT2D eigenvalue weighted by Crippen LogP contribution is 2.39. The molecule has 11 heteroatoms. The van der Waals surface area contributed by atoms with Crippen LogP contribution in [0, 0.1) is 11.8 Å². The first-order valence-corrected chi connectivity index (χ1v) is 16.4. The first kappa shape index (κ1) is 37.1. The summed E-state index contributed by atoms with van der Waals surface area (Å²) in [5.41, 5.74) is 0.991. The Hall–Kier alpha value is -3.38. The number of nitrogens with one attached hydrogen (secondary N) is 3. The van der Waals surface area contributed by atoms with Gasteiger partial charge in [-0.15, -0.1) is 0 Å². The van der Waals surface area contributed by atoms with Crippen LogP contribution in [0.1, 0.15) is 82.6 Å². The molecule has 254 valence electrons. The molecule has 4 unspecified atom stereocenters. The zero-order chi connectivity index (χ0) is 33.7. The Balaban J connectivity index is 0.00000107. The smallest absolute Gasteiger partial charge is 0.253 e. The standard InChI is InChI=1S/C32H45N5O4.C3H8O2/c1-32(2,3)36-31(41)27-17-23-12-7-8-13-25(23)20-37(27)21-28(38)26(16-22-10-5-4-6-11-22)35-29(39)19-34-30(40)24-14-9-15-33-18-24;1-3(2)5-4/h4-6,9-11,14-15,18,23,25-28,38H,7-8,12-13,16-17,19-21H2,1-3H3,(H,34,40)(H,35,39)(H,36,41);3-4H,1-2H3/t23-,25?,26?,27?,28?;/m0./s1. The number of pyridine rings is 1. The molecule has 1 saturated heterocycles.